The molecule has 0 aliphatic carbocycles. The first-order valence-electron chi connectivity index (χ1n) is 9.04. The molecule has 4 N–H and O–H groups in total. The highest BCUT2D eigenvalue weighted by molar-refractivity contribution is 7.19. The van der Waals surface area contributed by atoms with E-state index in [1.54, 1.807) is 17.4 Å². The lowest BCUT2D eigenvalue weighted by Gasteiger charge is -2.40. The van der Waals surface area contributed by atoms with Gasteiger partial charge < -0.3 is 25.2 Å². The third-order valence-electron chi connectivity index (χ3n) is 5.13. The van der Waals surface area contributed by atoms with Crippen molar-refractivity contribution in [1.29, 1.82) is 0 Å². The minimum atomic E-state index is -1.47. The van der Waals surface area contributed by atoms with Crippen molar-refractivity contribution in [3.8, 4) is 0 Å². The summed E-state index contributed by atoms with van der Waals surface area (Å²) in [6.45, 7) is -0.503. The van der Waals surface area contributed by atoms with Crippen molar-refractivity contribution in [3.05, 3.63) is 70.4 Å². The normalized spacial score (nSPS) is 28.0. The number of aliphatic hydroxyl groups excluding tert-OH is 4. The average Bonchev–Trinajstić information content (AvgIpc) is 3.11. The summed E-state index contributed by atoms with van der Waals surface area (Å²) in [6.07, 6.45) is -5.87. The number of hydrogen-bond acceptors (Lipinski definition) is 6. The predicted octanol–water partition coefficient (Wildman–Crippen LogP) is 2.15. The summed E-state index contributed by atoms with van der Waals surface area (Å²) in [6, 6.07) is 14.4. The fourth-order valence-electron chi connectivity index (χ4n) is 3.60. The van der Waals surface area contributed by atoms with Crippen LogP contribution < -0.4 is 0 Å². The zero-order valence-electron chi connectivity index (χ0n) is 14.9. The third kappa shape index (κ3) is 3.57. The van der Waals surface area contributed by atoms with E-state index in [2.05, 4.69) is 0 Å². The zero-order chi connectivity index (χ0) is 19.8. The molecule has 1 aliphatic heterocycles. The van der Waals surface area contributed by atoms with Gasteiger partial charge in [-0.05, 0) is 40.8 Å². The van der Waals surface area contributed by atoms with Gasteiger partial charge in [-0.25, -0.2) is 4.39 Å². The lowest BCUT2D eigenvalue weighted by molar-refractivity contribution is -0.231. The molecule has 5 nitrogen and oxygen atoms in total. The van der Waals surface area contributed by atoms with Gasteiger partial charge in [-0.3, -0.25) is 0 Å². The van der Waals surface area contributed by atoms with E-state index in [-0.39, 0.29) is 5.82 Å². The Balaban J connectivity index is 1.63. The van der Waals surface area contributed by atoms with Crippen LogP contribution in [0.15, 0.2) is 48.5 Å². The lowest BCUT2D eigenvalue weighted by atomic mass is 9.90. The maximum atomic E-state index is 14.4. The molecule has 7 heteroatoms. The molecule has 0 amide bonds. The van der Waals surface area contributed by atoms with Crippen LogP contribution in [-0.4, -0.2) is 51.4 Å². The molecule has 0 spiro atoms. The van der Waals surface area contributed by atoms with Gasteiger partial charge in [-0.1, -0.05) is 24.3 Å². The summed E-state index contributed by atoms with van der Waals surface area (Å²) in [5.74, 6) is -0.370. The average molecular weight is 404 g/mol. The molecule has 0 unspecified atom stereocenters. The molecule has 1 aliphatic rings. The van der Waals surface area contributed by atoms with Crippen LogP contribution in [0.4, 0.5) is 4.39 Å². The van der Waals surface area contributed by atoms with Gasteiger partial charge in [-0.15, -0.1) is 11.3 Å². The molecule has 0 bridgehead atoms. The predicted molar refractivity (Wildman–Crippen MR) is 104 cm³/mol. The van der Waals surface area contributed by atoms with Gasteiger partial charge in [0, 0.05) is 16.0 Å². The van der Waals surface area contributed by atoms with Gasteiger partial charge >= 0.3 is 0 Å². The number of fused-ring (bicyclic) bond motifs is 1. The Labute approximate surface area is 165 Å². The molecule has 4 rings (SSSR count). The zero-order valence-corrected chi connectivity index (χ0v) is 15.7. The van der Waals surface area contributed by atoms with E-state index in [0.29, 0.717) is 17.5 Å². The molecule has 28 heavy (non-hydrogen) atoms. The Morgan fingerprint density at radius 2 is 1.75 bits per heavy atom. The van der Waals surface area contributed by atoms with Gasteiger partial charge in [0.25, 0.3) is 0 Å². The molecule has 0 saturated carbocycles. The number of aliphatic hydroxyl groups is 4. The van der Waals surface area contributed by atoms with Crippen LogP contribution in [0.25, 0.3) is 10.1 Å². The quantitative estimate of drug-likeness (QED) is 0.535. The molecule has 1 fully saturated rings. The Kier molecular flexibility index (Phi) is 5.46. The molecule has 3 aromatic rings. The fourth-order valence-corrected chi connectivity index (χ4v) is 4.68. The summed E-state index contributed by atoms with van der Waals surface area (Å²) < 4.78 is 21.1. The molecule has 1 saturated heterocycles. The summed E-state index contributed by atoms with van der Waals surface area (Å²) in [7, 11) is 0. The maximum Gasteiger partial charge on any atom is 0.126 e. The topological polar surface area (TPSA) is 90.2 Å². The molecule has 1 aromatic heterocycles. The number of thiophene rings is 1. The molecule has 148 valence electrons. The van der Waals surface area contributed by atoms with Crippen LogP contribution in [0, 0.1) is 5.82 Å². The SMILES string of the molecule is OC[C@H]1O[C@H](c2ccc(F)c(Cc3cc4ccccc4s3)c2)[C@H](O)[C@@H](O)[C@@H]1O. The van der Waals surface area contributed by atoms with Crippen molar-refractivity contribution in [1.82, 2.24) is 0 Å². The molecule has 5 atom stereocenters. The van der Waals surface area contributed by atoms with Crippen LogP contribution in [0.3, 0.4) is 0 Å². The summed E-state index contributed by atoms with van der Waals surface area (Å²) >= 11 is 1.59. The van der Waals surface area contributed by atoms with Crippen molar-refractivity contribution in [3.63, 3.8) is 0 Å². The number of rotatable bonds is 4. The van der Waals surface area contributed by atoms with E-state index in [1.165, 1.54) is 12.1 Å². The smallest absolute Gasteiger partial charge is 0.126 e. The van der Waals surface area contributed by atoms with Crippen LogP contribution in [-0.2, 0) is 11.2 Å². The molecule has 2 heterocycles. The van der Waals surface area contributed by atoms with Gasteiger partial charge in [0.05, 0.1) is 6.61 Å². The van der Waals surface area contributed by atoms with Crippen LogP contribution in [0.5, 0.6) is 0 Å². The van der Waals surface area contributed by atoms with Crippen molar-refractivity contribution in [2.75, 3.05) is 6.61 Å². The van der Waals surface area contributed by atoms with Gasteiger partial charge in [0.2, 0.25) is 0 Å². The second-order valence-electron chi connectivity index (χ2n) is 7.03. The second-order valence-corrected chi connectivity index (χ2v) is 8.20. The molecular formula is C21H21FO5S. The Hall–Kier alpha value is -1.87. The highest BCUT2D eigenvalue weighted by Gasteiger charge is 2.44. The Morgan fingerprint density at radius 1 is 0.964 bits per heavy atom. The Bertz CT molecular complexity index is 939. The van der Waals surface area contributed by atoms with Gasteiger partial charge in [0.15, 0.2) is 0 Å². The van der Waals surface area contributed by atoms with Gasteiger partial charge in [0.1, 0.15) is 36.3 Å². The van der Waals surface area contributed by atoms with Crippen molar-refractivity contribution >= 4 is 21.4 Å². The first kappa shape index (κ1) is 19.4. The van der Waals surface area contributed by atoms with E-state index in [1.807, 2.05) is 30.3 Å². The van der Waals surface area contributed by atoms with Crippen LogP contribution in [0.2, 0.25) is 0 Å². The first-order valence-corrected chi connectivity index (χ1v) is 9.86. The number of hydrogen-bond donors (Lipinski definition) is 4. The summed E-state index contributed by atoms with van der Waals surface area (Å²) in [4.78, 5) is 1.01. The molecule has 0 radical (unpaired) electrons. The van der Waals surface area contributed by atoms with E-state index in [9.17, 15) is 24.8 Å². The lowest BCUT2D eigenvalue weighted by Crippen LogP contribution is -2.55. The minimum absolute atomic E-state index is 0.370. The number of benzene rings is 2. The van der Waals surface area contributed by atoms with E-state index in [4.69, 9.17) is 4.74 Å². The third-order valence-corrected chi connectivity index (χ3v) is 6.25. The van der Waals surface area contributed by atoms with E-state index in [0.717, 1.165) is 15.0 Å². The number of halogens is 1. The largest absolute Gasteiger partial charge is 0.394 e. The van der Waals surface area contributed by atoms with Crippen LogP contribution in [0.1, 0.15) is 22.1 Å². The van der Waals surface area contributed by atoms with Crippen molar-refractivity contribution < 1.29 is 29.6 Å². The van der Waals surface area contributed by atoms with Gasteiger partial charge in [-0.2, -0.15) is 0 Å². The highest BCUT2D eigenvalue weighted by atomic mass is 32.1. The summed E-state index contributed by atoms with van der Waals surface area (Å²) in [5, 5.41) is 40.7. The molecule has 2 aromatic carbocycles. The van der Waals surface area contributed by atoms with Crippen LogP contribution >= 0.6 is 11.3 Å². The monoisotopic (exact) mass is 404 g/mol. The van der Waals surface area contributed by atoms with Crippen molar-refractivity contribution in [2.24, 2.45) is 0 Å². The number of ether oxygens (including phenoxy) is 1. The van der Waals surface area contributed by atoms with E-state index < -0.39 is 37.1 Å². The van der Waals surface area contributed by atoms with E-state index >= 15 is 0 Å². The first-order chi connectivity index (χ1) is 13.5. The molecular weight excluding hydrogens is 383 g/mol. The summed E-state index contributed by atoms with van der Waals surface area (Å²) in [5.41, 5.74) is 0.926. The maximum absolute atomic E-state index is 14.4. The minimum Gasteiger partial charge on any atom is -0.394 e. The highest BCUT2D eigenvalue weighted by Crippen LogP contribution is 2.34. The fraction of sp³-hybridized carbons (Fsp3) is 0.333. The second kappa shape index (κ2) is 7.87. The standard InChI is InChI=1S/C21H21FO5S/c22-15-6-5-12(21-20(26)19(25)18(24)16(10-23)27-21)7-13(15)9-14-8-11-3-1-2-4-17(11)28-14/h1-8,16,18-21,23-26H,9-10H2/t16-,18-,19+,20-,21-/m1/s1. The Morgan fingerprint density at radius 3 is 2.50 bits per heavy atom. The van der Waals surface area contributed by atoms with Crippen molar-refractivity contribution in [2.45, 2.75) is 36.9 Å².